The van der Waals surface area contributed by atoms with E-state index in [-0.39, 0.29) is 5.41 Å². The average Bonchev–Trinajstić information content (AvgIpc) is 2.69. The van der Waals surface area contributed by atoms with Crippen LogP contribution in [0, 0.1) is 17.2 Å². The Morgan fingerprint density at radius 1 is 0.885 bits per heavy atom. The molecule has 0 spiro atoms. The monoisotopic (exact) mass is 353 g/mol. The molecule has 0 radical (unpaired) electrons. The predicted octanol–water partition coefficient (Wildman–Crippen LogP) is 7.73. The third-order valence-electron chi connectivity index (χ3n) is 6.46. The third kappa shape index (κ3) is 6.15. The van der Waals surface area contributed by atoms with Crippen LogP contribution in [0.5, 0.6) is 0 Å². The van der Waals surface area contributed by atoms with Crippen molar-refractivity contribution in [2.24, 2.45) is 5.92 Å². The molecule has 0 atom stereocenters. The summed E-state index contributed by atoms with van der Waals surface area (Å²) < 4.78 is 0. The maximum absolute atomic E-state index is 9.95. The van der Waals surface area contributed by atoms with E-state index in [2.05, 4.69) is 44.2 Å². The summed E-state index contributed by atoms with van der Waals surface area (Å²) in [5.41, 5.74) is 2.47. The molecule has 0 amide bonds. The number of hydrogen-bond donors (Lipinski definition) is 0. The van der Waals surface area contributed by atoms with Gasteiger partial charge in [-0.1, -0.05) is 89.5 Å². The lowest BCUT2D eigenvalue weighted by atomic mass is 9.66. The Labute approximate surface area is 162 Å². The zero-order chi connectivity index (χ0) is 18.7. The van der Waals surface area contributed by atoms with E-state index in [9.17, 15) is 5.26 Å². The Balaban J connectivity index is 1.83. The maximum atomic E-state index is 9.95. The molecule has 0 saturated heterocycles. The first-order valence-electron chi connectivity index (χ1n) is 11.2. The Morgan fingerprint density at radius 3 is 2.12 bits per heavy atom. The van der Waals surface area contributed by atoms with E-state index in [1.165, 1.54) is 88.2 Å². The van der Waals surface area contributed by atoms with Crippen LogP contribution in [-0.4, -0.2) is 0 Å². The highest BCUT2D eigenvalue weighted by molar-refractivity contribution is 5.35. The largest absolute Gasteiger partial charge is 0.197 e. The molecule has 1 saturated carbocycles. The van der Waals surface area contributed by atoms with Gasteiger partial charge in [0, 0.05) is 0 Å². The van der Waals surface area contributed by atoms with Gasteiger partial charge in [-0.05, 0) is 55.6 Å². The molecule has 0 aliphatic heterocycles. The summed E-state index contributed by atoms with van der Waals surface area (Å²) in [6, 6.07) is 11.7. The Bertz CT molecular complexity index is 528. The molecule has 1 heteroatoms. The van der Waals surface area contributed by atoms with Crippen LogP contribution in [-0.2, 0) is 11.8 Å². The molecule has 0 N–H and O–H groups in total. The molecule has 0 heterocycles. The van der Waals surface area contributed by atoms with Crippen molar-refractivity contribution in [2.45, 2.75) is 109 Å². The predicted molar refractivity (Wildman–Crippen MR) is 112 cm³/mol. The molecular weight excluding hydrogens is 314 g/mol. The van der Waals surface area contributed by atoms with Gasteiger partial charge in [-0.2, -0.15) is 5.26 Å². The first kappa shape index (κ1) is 21.0. The van der Waals surface area contributed by atoms with Crippen LogP contribution in [0.4, 0.5) is 0 Å². The quantitative estimate of drug-likeness (QED) is 0.373. The molecule has 2 rings (SSSR count). The van der Waals surface area contributed by atoms with Crippen LogP contribution >= 0.6 is 0 Å². The number of aryl methyl sites for hydroxylation is 1. The van der Waals surface area contributed by atoms with E-state index in [0.717, 1.165) is 18.8 Å². The molecule has 1 fully saturated rings. The molecule has 1 nitrogen and oxygen atoms in total. The Kier molecular flexibility index (Phi) is 9.24. The van der Waals surface area contributed by atoms with Crippen LogP contribution in [0.2, 0.25) is 0 Å². The van der Waals surface area contributed by atoms with Crippen molar-refractivity contribution in [3.63, 3.8) is 0 Å². The lowest BCUT2D eigenvalue weighted by molar-refractivity contribution is 0.261. The van der Waals surface area contributed by atoms with Crippen molar-refractivity contribution in [3.8, 4) is 6.07 Å². The minimum Gasteiger partial charge on any atom is -0.197 e. The van der Waals surface area contributed by atoms with Gasteiger partial charge in [0.1, 0.15) is 0 Å². The van der Waals surface area contributed by atoms with Crippen LogP contribution in [0.1, 0.15) is 108 Å². The second kappa shape index (κ2) is 11.4. The van der Waals surface area contributed by atoms with Crippen LogP contribution in [0.15, 0.2) is 24.3 Å². The number of rotatable bonds is 11. The van der Waals surface area contributed by atoms with Gasteiger partial charge in [0.2, 0.25) is 0 Å². The summed E-state index contributed by atoms with van der Waals surface area (Å²) in [7, 11) is 0. The zero-order valence-corrected chi connectivity index (χ0v) is 17.2. The van der Waals surface area contributed by atoms with Gasteiger partial charge < -0.3 is 0 Å². The fraction of sp³-hybridized carbons (Fsp3) is 0.720. The number of benzene rings is 1. The average molecular weight is 354 g/mol. The lowest BCUT2D eigenvalue weighted by Crippen LogP contribution is -2.30. The normalized spacial score (nSPS) is 22.9. The summed E-state index contributed by atoms with van der Waals surface area (Å²) >= 11 is 0. The van der Waals surface area contributed by atoms with Gasteiger partial charge in [-0.15, -0.1) is 0 Å². The van der Waals surface area contributed by atoms with E-state index in [4.69, 9.17) is 0 Å². The smallest absolute Gasteiger partial charge is 0.0822 e. The highest BCUT2D eigenvalue weighted by Crippen LogP contribution is 2.42. The van der Waals surface area contributed by atoms with E-state index in [1.54, 1.807) is 0 Å². The van der Waals surface area contributed by atoms with Crippen molar-refractivity contribution in [1.82, 2.24) is 0 Å². The minimum absolute atomic E-state index is 0.222. The summed E-state index contributed by atoms with van der Waals surface area (Å²) in [4.78, 5) is 0. The maximum Gasteiger partial charge on any atom is 0.0822 e. The molecule has 0 aromatic heterocycles. The molecule has 26 heavy (non-hydrogen) atoms. The minimum atomic E-state index is -0.222. The number of hydrogen-bond acceptors (Lipinski definition) is 1. The van der Waals surface area contributed by atoms with E-state index in [0.29, 0.717) is 0 Å². The third-order valence-corrected chi connectivity index (χ3v) is 6.46. The summed E-state index contributed by atoms with van der Waals surface area (Å²) in [5, 5.41) is 9.95. The van der Waals surface area contributed by atoms with Gasteiger partial charge in [0.15, 0.2) is 0 Å². The van der Waals surface area contributed by atoms with E-state index < -0.39 is 0 Å². The highest BCUT2D eigenvalue weighted by atomic mass is 14.4. The molecule has 1 aromatic rings. The zero-order valence-electron chi connectivity index (χ0n) is 17.2. The molecule has 1 aromatic carbocycles. The SMILES string of the molecule is CCCCCCCC1CCC(C#N)(c2ccc(CCCCC)cc2)CC1. The Hall–Kier alpha value is -1.29. The fourth-order valence-corrected chi connectivity index (χ4v) is 4.53. The van der Waals surface area contributed by atoms with Crippen LogP contribution in [0.25, 0.3) is 0 Å². The summed E-state index contributed by atoms with van der Waals surface area (Å²) in [6.45, 7) is 4.53. The molecular formula is C25H39N. The summed E-state index contributed by atoms with van der Waals surface area (Å²) in [5.74, 6) is 0.853. The van der Waals surface area contributed by atoms with Gasteiger partial charge in [0.25, 0.3) is 0 Å². The molecule has 1 aliphatic rings. The van der Waals surface area contributed by atoms with E-state index in [1.807, 2.05) is 0 Å². The standard InChI is InChI=1S/C25H39N/c1-3-5-7-8-10-12-23-17-19-25(21-26,20-18-23)24-15-13-22(14-16-24)11-9-6-4-2/h13-16,23H,3-12,17-20H2,1-2H3. The molecule has 1 aliphatic carbocycles. The van der Waals surface area contributed by atoms with Gasteiger partial charge in [0.05, 0.1) is 11.5 Å². The Morgan fingerprint density at radius 2 is 1.50 bits per heavy atom. The second-order valence-corrected chi connectivity index (χ2v) is 8.49. The lowest BCUT2D eigenvalue weighted by Gasteiger charge is -2.35. The topological polar surface area (TPSA) is 23.8 Å². The first-order chi connectivity index (χ1) is 12.7. The van der Waals surface area contributed by atoms with Crippen molar-refractivity contribution >= 4 is 0 Å². The molecule has 0 bridgehead atoms. The fourth-order valence-electron chi connectivity index (χ4n) is 4.53. The van der Waals surface area contributed by atoms with Crippen molar-refractivity contribution < 1.29 is 0 Å². The van der Waals surface area contributed by atoms with Crippen LogP contribution < -0.4 is 0 Å². The summed E-state index contributed by atoms with van der Waals surface area (Å²) in [6.07, 6.45) is 17.9. The number of nitrogens with zero attached hydrogens (tertiary/aromatic N) is 1. The first-order valence-corrected chi connectivity index (χ1v) is 11.2. The van der Waals surface area contributed by atoms with Crippen molar-refractivity contribution in [1.29, 1.82) is 5.26 Å². The molecule has 0 unspecified atom stereocenters. The second-order valence-electron chi connectivity index (χ2n) is 8.49. The van der Waals surface area contributed by atoms with Crippen LogP contribution in [0.3, 0.4) is 0 Å². The van der Waals surface area contributed by atoms with Gasteiger partial charge >= 0.3 is 0 Å². The van der Waals surface area contributed by atoms with Crippen molar-refractivity contribution in [2.75, 3.05) is 0 Å². The molecule has 144 valence electrons. The van der Waals surface area contributed by atoms with Crippen molar-refractivity contribution in [3.05, 3.63) is 35.4 Å². The van der Waals surface area contributed by atoms with Gasteiger partial charge in [-0.3, -0.25) is 0 Å². The van der Waals surface area contributed by atoms with Gasteiger partial charge in [-0.25, -0.2) is 0 Å². The highest BCUT2D eigenvalue weighted by Gasteiger charge is 2.36. The number of unbranched alkanes of at least 4 members (excludes halogenated alkanes) is 6. The van der Waals surface area contributed by atoms with E-state index >= 15 is 0 Å². The number of nitriles is 1.